The van der Waals surface area contributed by atoms with Gasteiger partial charge in [0, 0.05) is 0 Å². The average Bonchev–Trinajstić information content (AvgIpc) is 2.00. The van der Waals surface area contributed by atoms with Gasteiger partial charge < -0.3 is 26.2 Å². The van der Waals surface area contributed by atoms with Crippen molar-refractivity contribution >= 4 is 0 Å². The summed E-state index contributed by atoms with van der Waals surface area (Å²) in [6, 6.07) is -0.991. The third-order valence-corrected chi connectivity index (χ3v) is 1.26. The first-order valence-corrected chi connectivity index (χ1v) is 2.97. The van der Waals surface area contributed by atoms with Crippen LogP contribution in [0.1, 0.15) is 0 Å². The normalized spacial score (nSPS) is 20.1. The van der Waals surface area contributed by atoms with Gasteiger partial charge in [0.05, 0.1) is 31.5 Å². The van der Waals surface area contributed by atoms with Crippen LogP contribution in [-0.2, 0) is 0 Å². The quantitative estimate of drug-likeness (QED) is 0.295. The molecule has 0 aliphatic heterocycles. The molecule has 0 rings (SSSR count). The molecule has 0 aromatic heterocycles. The Hall–Kier alpha value is -0.200. The molecular weight excluding hydrogens is 138 g/mol. The van der Waals surface area contributed by atoms with E-state index < -0.39 is 31.5 Å². The Bertz CT molecular complexity index is 79.7. The first kappa shape index (κ1) is 9.80. The van der Waals surface area contributed by atoms with Gasteiger partial charge in [0.1, 0.15) is 0 Å². The molecule has 62 valence electrons. The second-order valence-electron chi connectivity index (χ2n) is 2.08. The molecule has 5 heteroatoms. The molecule has 0 heterocycles. The molecule has 0 aliphatic rings. The fraction of sp³-hybridized carbons (Fsp3) is 1.00. The molecule has 0 aliphatic carbocycles. The smallest absolute Gasteiger partial charge is 0.0947 e. The third kappa shape index (κ3) is 2.59. The van der Waals surface area contributed by atoms with Crippen LogP contribution in [0.4, 0.5) is 0 Å². The molecule has 0 aromatic rings. The van der Waals surface area contributed by atoms with Gasteiger partial charge in [-0.3, -0.25) is 0 Å². The highest BCUT2D eigenvalue weighted by molar-refractivity contribution is 4.77. The Morgan fingerprint density at radius 2 is 1.30 bits per heavy atom. The van der Waals surface area contributed by atoms with Gasteiger partial charge in [-0.1, -0.05) is 0 Å². The van der Waals surface area contributed by atoms with Gasteiger partial charge in [0.15, 0.2) is 0 Å². The molecule has 10 heavy (non-hydrogen) atoms. The molecule has 0 aromatic carbocycles. The second-order valence-corrected chi connectivity index (χ2v) is 2.08. The lowest BCUT2D eigenvalue weighted by Gasteiger charge is -2.20. The predicted octanol–water partition coefficient (Wildman–Crippen LogP) is -2.98. The van der Waals surface area contributed by atoms with E-state index >= 15 is 0 Å². The summed E-state index contributed by atoms with van der Waals surface area (Å²) in [5.74, 6) is 0. The van der Waals surface area contributed by atoms with Crippen molar-refractivity contribution in [2.24, 2.45) is 5.73 Å². The van der Waals surface area contributed by atoms with E-state index in [1.54, 1.807) is 0 Å². The highest BCUT2D eigenvalue weighted by atomic mass is 16.3. The highest BCUT2D eigenvalue weighted by Crippen LogP contribution is 1.94. The fourth-order valence-electron chi connectivity index (χ4n) is 0.500. The monoisotopic (exact) mass is 151 g/mol. The number of aliphatic hydroxyl groups excluding tert-OH is 4. The Morgan fingerprint density at radius 1 is 1.00 bits per heavy atom. The zero-order valence-electron chi connectivity index (χ0n) is 5.51. The Labute approximate surface area is 58.7 Å². The van der Waals surface area contributed by atoms with Crippen LogP contribution in [0.3, 0.4) is 0 Å². The van der Waals surface area contributed by atoms with Crippen LogP contribution in [0.25, 0.3) is 0 Å². The van der Waals surface area contributed by atoms with Crippen molar-refractivity contribution in [3.05, 3.63) is 0 Å². The molecule has 0 bridgehead atoms. The summed E-state index contributed by atoms with van der Waals surface area (Å²) >= 11 is 0. The van der Waals surface area contributed by atoms with Gasteiger partial charge in [-0.2, -0.15) is 0 Å². The van der Waals surface area contributed by atoms with Crippen molar-refractivity contribution in [3.8, 4) is 0 Å². The number of hydrogen-bond donors (Lipinski definition) is 5. The molecule has 2 unspecified atom stereocenters. The van der Waals surface area contributed by atoms with Crippen molar-refractivity contribution in [2.45, 2.75) is 18.2 Å². The lowest BCUT2D eigenvalue weighted by atomic mass is 10.1. The Kier molecular flexibility index (Phi) is 4.50. The number of hydrogen-bond acceptors (Lipinski definition) is 5. The molecule has 0 radical (unpaired) electrons. The molecular formula is C5H13NO4. The summed E-state index contributed by atoms with van der Waals surface area (Å²) in [5.41, 5.74) is 5.16. The van der Waals surface area contributed by atoms with Crippen LogP contribution in [-0.4, -0.2) is 51.9 Å². The van der Waals surface area contributed by atoms with Crippen LogP contribution < -0.4 is 5.73 Å². The lowest BCUT2D eigenvalue weighted by Crippen LogP contribution is -2.47. The first-order chi connectivity index (χ1) is 4.63. The summed E-state index contributed by atoms with van der Waals surface area (Å²) in [7, 11) is 0. The van der Waals surface area contributed by atoms with Crippen LogP contribution in [0.2, 0.25) is 0 Å². The van der Waals surface area contributed by atoms with Crippen LogP contribution >= 0.6 is 0 Å². The summed E-state index contributed by atoms with van der Waals surface area (Å²) in [6.45, 7) is -1.03. The zero-order chi connectivity index (χ0) is 8.15. The van der Waals surface area contributed by atoms with Gasteiger partial charge in [-0.05, 0) is 0 Å². The van der Waals surface area contributed by atoms with Crippen LogP contribution in [0.5, 0.6) is 0 Å². The number of rotatable bonds is 4. The Morgan fingerprint density at radius 3 is 1.50 bits per heavy atom. The molecule has 6 N–H and O–H groups in total. The van der Waals surface area contributed by atoms with Gasteiger partial charge >= 0.3 is 0 Å². The van der Waals surface area contributed by atoms with E-state index in [0.717, 1.165) is 0 Å². The van der Waals surface area contributed by atoms with E-state index in [0.29, 0.717) is 0 Å². The molecule has 2 atom stereocenters. The van der Waals surface area contributed by atoms with E-state index in [9.17, 15) is 0 Å². The standard InChI is InChI=1S/C5H13NO4/c6-5(3(9)1-7)4(10)2-8/h3-5,7-10H,1-2,6H2. The highest BCUT2D eigenvalue weighted by Gasteiger charge is 2.21. The van der Waals surface area contributed by atoms with Crippen molar-refractivity contribution in [3.63, 3.8) is 0 Å². The topological polar surface area (TPSA) is 107 Å². The fourth-order valence-corrected chi connectivity index (χ4v) is 0.500. The molecule has 0 fully saturated rings. The van der Waals surface area contributed by atoms with Crippen molar-refractivity contribution in [1.29, 1.82) is 0 Å². The molecule has 0 amide bonds. The zero-order valence-corrected chi connectivity index (χ0v) is 5.51. The molecule has 0 saturated heterocycles. The second kappa shape index (κ2) is 4.59. The van der Waals surface area contributed by atoms with Crippen molar-refractivity contribution in [1.82, 2.24) is 0 Å². The van der Waals surface area contributed by atoms with Crippen LogP contribution in [0.15, 0.2) is 0 Å². The van der Waals surface area contributed by atoms with E-state index in [4.69, 9.17) is 26.2 Å². The maximum Gasteiger partial charge on any atom is 0.0947 e. The van der Waals surface area contributed by atoms with E-state index in [-0.39, 0.29) is 0 Å². The number of nitrogens with two attached hydrogens (primary N) is 1. The van der Waals surface area contributed by atoms with Gasteiger partial charge in [0.25, 0.3) is 0 Å². The van der Waals surface area contributed by atoms with Gasteiger partial charge in [-0.25, -0.2) is 0 Å². The summed E-state index contributed by atoms with van der Waals surface area (Å²) in [5, 5.41) is 34.2. The van der Waals surface area contributed by atoms with Gasteiger partial charge in [-0.15, -0.1) is 0 Å². The minimum Gasteiger partial charge on any atom is -0.394 e. The molecule has 5 nitrogen and oxygen atoms in total. The van der Waals surface area contributed by atoms with E-state index in [2.05, 4.69) is 0 Å². The maximum absolute atomic E-state index is 8.78. The van der Waals surface area contributed by atoms with Crippen LogP contribution in [0, 0.1) is 0 Å². The van der Waals surface area contributed by atoms with E-state index in [1.807, 2.05) is 0 Å². The maximum atomic E-state index is 8.78. The van der Waals surface area contributed by atoms with Gasteiger partial charge in [0.2, 0.25) is 0 Å². The minimum atomic E-state index is -1.18. The average molecular weight is 151 g/mol. The number of aliphatic hydroxyl groups is 4. The minimum absolute atomic E-state index is 0.516. The lowest BCUT2D eigenvalue weighted by molar-refractivity contribution is -0.000838. The molecule has 0 spiro atoms. The summed E-state index contributed by atoms with van der Waals surface area (Å²) in [6.07, 6.45) is -2.36. The summed E-state index contributed by atoms with van der Waals surface area (Å²) < 4.78 is 0. The largest absolute Gasteiger partial charge is 0.394 e. The van der Waals surface area contributed by atoms with E-state index in [1.165, 1.54) is 0 Å². The predicted molar refractivity (Wildman–Crippen MR) is 34.2 cm³/mol. The third-order valence-electron chi connectivity index (χ3n) is 1.26. The molecule has 0 saturated carbocycles. The van der Waals surface area contributed by atoms with Crippen molar-refractivity contribution < 1.29 is 20.4 Å². The van der Waals surface area contributed by atoms with Crippen molar-refractivity contribution in [2.75, 3.05) is 13.2 Å². The Balaban J connectivity index is 3.69. The first-order valence-electron chi connectivity index (χ1n) is 2.97. The SMILES string of the molecule is NC(C(O)CO)C(O)CO. The summed E-state index contributed by atoms with van der Waals surface area (Å²) in [4.78, 5) is 0.